The van der Waals surface area contributed by atoms with E-state index < -0.39 is 0 Å². The van der Waals surface area contributed by atoms with Crippen molar-refractivity contribution < 1.29 is 9.15 Å². The molecule has 1 atom stereocenters. The fourth-order valence-electron chi connectivity index (χ4n) is 3.92. The van der Waals surface area contributed by atoms with Crippen LogP contribution in [0.5, 0.6) is 5.75 Å². The molecule has 1 unspecified atom stereocenters. The summed E-state index contributed by atoms with van der Waals surface area (Å²) in [7, 11) is 6.30. The van der Waals surface area contributed by atoms with Crippen LogP contribution in [0, 0.1) is 0 Å². The van der Waals surface area contributed by atoms with Crippen LogP contribution in [-0.2, 0) is 0 Å². The second-order valence-electron chi connectivity index (χ2n) is 8.08. The minimum absolute atomic E-state index is 0.658. The highest BCUT2D eigenvalue weighted by molar-refractivity contribution is 5.83. The Hall–Kier alpha value is -2.72. The normalized spacial score (nSPS) is 17.4. The fraction of sp³-hybridized carbons (Fsp3) is 0.360. The third-order valence-corrected chi connectivity index (χ3v) is 5.75. The quantitative estimate of drug-likeness (QED) is 0.530. The van der Waals surface area contributed by atoms with Gasteiger partial charge in [-0.25, -0.2) is 0 Å². The van der Waals surface area contributed by atoms with Gasteiger partial charge in [0.1, 0.15) is 17.1 Å². The Bertz CT molecular complexity index is 972. The summed E-state index contributed by atoms with van der Waals surface area (Å²) in [6, 6.07) is 17.3. The van der Waals surface area contributed by atoms with Gasteiger partial charge in [-0.1, -0.05) is 18.2 Å². The van der Waals surface area contributed by atoms with Crippen molar-refractivity contribution in [3.63, 3.8) is 0 Å². The zero-order chi connectivity index (χ0) is 20.2. The van der Waals surface area contributed by atoms with Gasteiger partial charge in [-0.3, -0.25) is 0 Å². The first-order valence-corrected chi connectivity index (χ1v) is 10.4. The van der Waals surface area contributed by atoms with Gasteiger partial charge in [0, 0.05) is 37.3 Å². The van der Waals surface area contributed by atoms with E-state index in [9.17, 15) is 0 Å². The molecular weight excluding hydrogens is 360 g/mol. The molecule has 0 radical (unpaired) electrons. The molecule has 4 heteroatoms. The summed E-state index contributed by atoms with van der Waals surface area (Å²) >= 11 is 0. The van der Waals surface area contributed by atoms with E-state index in [0.717, 1.165) is 41.1 Å². The molecule has 1 aliphatic rings. The maximum absolute atomic E-state index is 6.01. The molecule has 29 heavy (non-hydrogen) atoms. The lowest BCUT2D eigenvalue weighted by molar-refractivity contribution is 0.233. The van der Waals surface area contributed by atoms with Crippen LogP contribution in [0.2, 0.25) is 0 Å². The van der Waals surface area contributed by atoms with E-state index in [-0.39, 0.29) is 0 Å². The SMILES string of the molecule is CN(C)c1ccc(/C=C/c2cc3ccc(OCCC4CCCN4C)cc3o2)cc1. The molecule has 1 fully saturated rings. The summed E-state index contributed by atoms with van der Waals surface area (Å²) in [6.45, 7) is 1.95. The predicted molar refractivity (Wildman–Crippen MR) is 122 cm³/mol. The van der Waals surface area contributed by atoms with Crippen molar-refractivity contribution in [2.75, 3.05) is 39.2 Å². The van der Waals surface area contributed by atoms with Crippen molar-refractivity contribution in [3.05, 3.63) is 59.9 Å². The van der Waals surface area contributed by atoms with Gasteiger partial charge in [0.25, 0.3) is 0 Å². The standard InChI is InChI=1S/C25H30N2O2/c1-26(2)21-10-6-19(7-11-21)8-12-24-17-20-9-13-23(18-25(20)29-24)28-16-14-22-5-4-15-27(22)3/h6-13,17-18,22H,4-5,14-16H2,1-3H3/b12-8+. The maximum Gasteiger partial charge on any atom is 0.138 e. The highest BCUT2D eigenvalue weighted by Crippen LogP contribution is 2.26. The molecule has 2 heterocycles. The molecule has 0 spiro atoms. The Morgan fingerprint density at radius 1 is 1.10 bits per heavy atom. The molecule has 0 bridgehead atoms. The van der Waals surface area contributed by atoms with E-state index >= 15 is 0 Å². The molecule has 0 N–H and O–H groups in total. The molecule has 4 nitrogen and oxygen atoms in total. The summed E-state index contributed by atoms with van der Waals surface area (Å²) in [6.07, 6.45) is 7.75. The molecule has 3 aromatic rings. The van der Waals surface area contributed by atoms with E-state index in [1.807, 2.05) is 32.3 Å². The van der Waals surface area contributed by atoms with Crippen LogP contribution in [0.4, 0.5) is 5.69 Å². The molecule has 0 saturated carbocycles. The predicted octanol–water partition coefficient (Wildman–Crippen LogP) is 5.53. The summed E-state index contributed by atoms with van der Waals surface area (Å²) in [5, 5.41) is 1.09. The number of furan rings is 1. The Labute approximate surface area is 173 Å². The monoisotopic (exact) mass is 390 g/mol. The zero-order valence-electron chi connectivity index (χ0n) is 17.6. The molecule has 1 saturated heterocycles. The third kappa shape index (κ3) is 4.83. The number of benzene rings is 2. The highest BCUT2D eigenvalue weighted by Gasteiger charge is 2.20. The first kappa shape index (κ1) is 19.6. The van der Waals surface area contributed by atoms with Crippen LogP contribution in [0.15, 0.2) is 52.9 Å². The number of nitrogens with zero attached hydrogens (tertiary/aromatic N) is 2. The largest absolute Gasteiger partial charge is 0.493 e. The van der Waals surface area contributed by atoms with Gasteiger partial charge >= 0.3 is 0 Å². The summed E-state index contributed by atoms with van der Waals surface area (Å²) in [5.41, 5.74) is 3.21. The van der Waals surface area contributed by atoms with Gasteiger partial charge < -0.3 is 19.0 Å². The van der Waals surface area contributed by atoms with Crippen molar-refractivity contribution in [2.24, 2.45) is 0 Å². The van der Waals surface area contributed by atoms with E-state index in [1.165, 1.54) is 25.1 Å². The van der Waals surface area contributed by atoms with Crippen molar-refractivity contribution in [1.82, 2.24) is 4.90 Å². The second kappa shape index (κ2) is 8.75. The number of ether oxygens (including phenoxy) is 1. The molecule has 4 rings (SSSR count). The van der Waals surface area contributed by atoms with Crippen molar-refractivity contribution >= 4 is 28.8 Å². The highest BCUT2D eigenvalue weighted by atomic mass is 16.5. The van der Waals surface area contributed by atoms with Crippen LogP contribution < -0.4 is 9.64 Å². The number of hydrogen-bond acceptors (Lipinski definition) is 4. The number of rotatable bonds is 7. The smallest absolute Gasteiger partial charge is 0.138 e. The minimum Gasteiger partial charge on any atom is -0.493 e. The number of likely N-dealkylation sites (tertiary alicyclic amines) is 1. The average Bonchev–Trinajstić information content (AvgIpc) is 3.32. The fourth-order valence-corrected chi connectivity index (χ4v) is 3.92. The first-order valence-electron chi connectivity index (χ1n) is 10.4. The van der Waals surface area contributed by atoms with Crippen molar-refractivity contribution in [2.45, 2.75) is 25.3 Å². The van der Waals surface area contributed by atoms with Crippen molar-refractivity contribution in [1.29, 1.82) is 0 Å². The Kier molecular flexibility index (Phi) is 5.91. The number of anilines is 1. The summed E-state index contributed by atoms with van der Waals surface area (Å²) < 4.78 is 12.0. The molecule has 2 aromatic carbocycles. The average molecular weight is 391 g/mol. The Morgan fingerprint density at radius 2 is 1.93 bits per heavy atom. The van der Waals surface area contributed by atoms with E-state index in [0.29, 0.717) is 6.04 Å². The molecule has 0 amide bonds. The zero-order valence-corrected chi connectivity index (χ0v) is 17.6. The van der Waals surface area contributed by atoms with Gasteiger partial charge in [-0.15, -0.1) is 0 Å². The summed E-state index contributed by atoms with van der Waals surface area (Å²) in [4.78, 5) is 4.53. The second-order valence-corrected chi connectivity index (χ2v) is 8.08. The molecule has 152 valence electrons. The molecular formula is C25H30N2O2. The van der Waals surface area contributed by atoms with Gasteiger partial charge in [-0.05, 0) is 74.8 Å². The van der Waals surface area contributed by atoms with Crippen LogP contribution in [0.1, 0.15) is 30.6 Å². The van der Waals surface area contributed by atoms with Gasteiger partial charge in [0.15, 0.2) is 0 Å². The first-order chi connectivity index (χ1) is 14.1. The van der Waals surface area contributed by atoms with Gasteiger partial charge in [0.2, 0.25) is 0 Å². The minimum atomic E-state index is 0.658. The van der Waals surface area contributed by atoms with Crippen molar-refractivity contribution in [3.8, 4) is 5.75 Å². The summed E-state index contributed by atoms with van der Waals surface area (Å²) in [5.74, 6) is 1.73. The Morgan fingerprint density at radius 3 is 2.66 bits per heavy atom. The Balaban J connectivity index is 1.38. The van der Waals surface area contributed by atoms with Crippen LogP contribution in [-0.4, -0.2) is 45.2 Å². The van der Waals surface area contributed by atoms with Crippen LogP contribution in [0.3, 0.4) is 0 Å². The molecule has 1 aromatic heterocycles. The van der Waals surface area contributed by atoms with Crippen LogP contribution in [0.25, 0.3) is 23.1 Å². The lowest BCUT2D eigenvalue weighted by Gasteiger charge is -2.19. The van der Waals surface area contributed by atoms with Crippen LogP contribution >= 0.6 is 0 Å². The number of hydrogen-bond donors (Lipinski definition) is 0. The van der Waals surface area contributed by atoms with E-state index in [2.05, 4.69) is 59.3 Å². The van der Waals surface area contributed by atoms with Gasteiger partial charge in [0.05, 0.1) is 6.61 Å². The van der Waals surface area contributed by atoms with E-state index in [4.69, 9.17) is 9.15 Å². The molecule has 1 aliphatic heterocycles. The number of fused-ring (bicyclic) bond motifs is 1. The van der Waals surface area contributed by atoms with E-state index in [1.54, 1.807) is 0 Å². The lowest BCUT2D eigenvalue weighted by atomic mass is 10.1. The topological polar surface area (TPSA) is 28.9 Å². The maximum atomic E-state index is 6.01. The van der Waals surface area contributed by atoms with Gasteiger partial charge in [-0.2, -0.15) is 0 Å². The molecule has 0 aliphatic carbocycles. The lowest BCUT2D eigenvalue weighted by Crippen LogP contribution is -2.26. The third-order valence-electron chi connectivity index (χ3n) is 5.75.